The molecule has 1 heterocycles. The van der Waals surface area contributed by atoms with Crippen LogP contribution in [-0.4, -0.2) is 0 Å². The first-order valence-electron chi connectivity index (χ1n) is 22.9. The second kappa shape index (κ2) is 12.0. The van der Waals surface area contributed by atoms with E-state index in [2.05, 4.69) is 36.4 Å². The molecular weight excluding hydrogens is 617 g/mol. The predicted molar refractivity (Wildman–Crippen MR) is 216 cm³/mol. The highest BCUT2D eigenvalue weighted by molar-refractivity contribution is 6.25. The first-order valence-corrected chi connectivity index (χ1v) is 16.4. The van der Waals surface area contributed by atoms with Gasteiger partial charge < -0.3 is 4.42 Å². The topological polar surface area (TPSA) is 13.1 Å². The molecule has 0 aliphatic carbocycles. The fraction of sp³-hybridized carbons (Fsp3) is 0. The van der Waals surface area contributed by atoms with Crippen molar-refractivity contribution in [3.8, 4) is 55.6 Å². The predicted octanol–water partition coefficient (Wildman–Crippen LogP) is 14.2. The standard InChI is InChI=1S/C50H32O/c1-3-15-33(16-4-1)38-21-7-8-22-39(38)37-20-13-19-35(31-37)36-29-30-44-47(32-36)51-46-28-14-27-45(50(44)46)49-42-25-11-9-23-40(42)48(34-17-5-2-6-18-34)41-24-10-12-26-43(41)49/h1-32H/i2D,5D,6D,9D,10D,11D,12D,17D,18D,23D,24D,25D,26D. The van der Waals surface area contributed by atoms with Crippen molar-refractivity contribution in [2.45, 2.75) is 0 Å². The van der Waals surface area contributed by atoms with Crippen molar-refractivity contribution in [2.24, 2.45) is 0 Å². The van der Waals surface area contributed by atoms with Crippen LogP contribution in [0.2, 0.25) is 0 Å². The lowest BCUT2D eigenvalue weighted by Crippen LogP contribution is -1.91. The molecule has 0 atom stereocenters. The van der Waals surface area contributed by atoms with E-state index in [9.17, 15) is 5.48 Å². The van der Waals surface area contributed by atoms with E-state index in [4.69, 9.17) is 16.8 Å². The molecule has 0 radical (unpaired) electrons. The summed E-state index contributed by atoms with van der Waals surface area (Å²) < 4.78 is 122. The summed E-state index contributed by atoms with van der Waals surface area (Å²) in [6, 6.07) is 29.0. The molecule has 238 valence electrons. The van der Waals surface area contributed by atoms with Gasteiger partial charge in [0.05, 0.1) is 17.8 Å². The minimum atomic E-state index is -0.722. The van der Waals surface area contributed by atoms with Crippen molar-refractivity contribution >= 4 is 43.5 Å². The Labute approximate surface area is 315 Å². The maximum absolute atomic E-state index is 9.39. The normalized spacial score (nSPS) is 15.1. The summed E-state index contributed by atoms with van der Waals surface area (Å²) in [4.78, 5) is 0. The second-order valence-corrected chi connectivity index (χ2v) is 12.2. The Morgan fingerprint density at radius 3 is 1.61 bits per heavy atom. The number of hydrogen-bond acceptors (Lipinski definition) is 1. The van der Waals surface area contributed by atoms with Gasteiger partial charge in [0.2, 0.25) is 0 Å². The third kappa shape index (κ3) is 4.86. The van der Waals surface area contributed by atoms with Crippen molar-refractivity contribution in [2.75, 3.05) is 0 Å². The highest BCUT2D eigenvalue weighted by Crippen LogP contribution is 2.47. The molecule has 0 saturated carbocycles. The van der Waals surface area contributed by atoms with Crippen LogP contribution in [0.1, 0.15) is 17.8 Å². The summed E-state index contributed by atoms with van der Waals surface area (Å²) in [5, 5.41) is 0.286. The monoisotopic (exact) mass is 661 g/mol. The quantitative estimate of drug-likeness (QED) is 0.167. The molecule has 10 rings (SSSR count). The van der Waals surface area contributed by atoms with Crippen LogP contribution >= 0.6 is 0 Å². The lowest BCUT2D eigenvalue weighted by molar-refractivity contribution is 0.669. The molecule has 0 fully saturated rings. The van der Waals surface area contributed by atoms with E-state index in [0.717, 1.165) is 33.4 Å². The first kappa shape index (κ1) is 18.9. The van der Waals surface area contributed by atoms with Gasteiger partial charge in [-0.25, -0.2) is 0 Å². The Bertz CT molecular complexity index is 3540. The van der Waals surface area contributed by atoms with Crippen LogP contribution in [0.4, 0.5) is 0 Å². The molecule has 1 heteroatoms. The van der Waals surface area contributed by atoms with Crippen LogP contribution in [-0.2, 0) is 0 Å². The lowest BCUT2D eigenvalue weighted by atomic mass is 9.85. The molecule has 9 aromatic carbocycles. The van der Waals surface area contributed by atoms with E-state index in [1.54, 1.807) is 18.2 Å². The summed E-state index contributed by atoms with van der Waals surface area (Å²) in [5.74, 6) is 0. The molecule has 10 aromatic rings. The number of rotatable bonds is 5. The van der Waals surface area contributed by atoms with E-state index in [-0.39, 0.29) is 32.7 Å². The Morgan fingerprint density at radius 1 is 0.333 bits per heavy atom. The number of fused-ring (bicyclic) bond motifs is 5. The maximum Gasteiger partial charge on any atom is 0.136 e. The van der Waals surface area contributed by atoms with Gasteiger partial charge in [-0.15, -0.1) is 0 Å². The number of hydrogen-bond donors (Lipinski definition) is 0. The van der Waals surface area contributed by atoms with Crippen LogP contribution in [0.5, 0.6) is 0 Å². The Kier molecular flexibility index (Phi) is 4.45. The van der Waals surface area contributed by atoms with E-state index in [0.29, 0.717) is 27.5 Å². The third-order valence-corrected chi connectivity index (χ3v) is 9.41. The fourth-order valence-electron chi connectivity index (χ4n) is 7.20. The zero-order valence-electron chi connectivity index (χ0n) is 39.9. The Hall–Kier alpha value is -6.70. The highest BCUT2D eigenvalue weighted by Gasteiger charge is 2.20. The fourth-order valence-corrected chi connectivity index (χ4v) is 7.20. The molecular formula is C50H32O. The molecule has 1 nitrogen and oxygen atoms in total. The van der Waals surface area contributed by atoms with E-state index in [1.165, 1.54) is 0 Å². The summed E-state index contributed by atoms with van der Waals surface area (Å²) in [6.45, 7) is 0. The maximum atomic E-state index is 9.39. The van der Waals surface area contributed by atoms with Gasteiger partial charge in [0.15, 0.2) is 0 Å². The van der Waals surface area contributed by atoms with E-state index in [1.807, 2.05) is 60.7 Å². The molecule has 0 spiro atoms. The zero-order valence-corrected chi connectivity index (χ0v) is 26.9. The van der Waals surface area contributed by atoms with Crippen LogP contribution in [0, 0.1) is 0 Å². The van der Waals surface area contributed by atoms with Crippen LogP contribution in [0.25, 0.3) is 99.1 Å². The Morgan fingerprint density at radius 2 is 0.882 bits per heavy atom. The minimum Gasteiger partial charge on any atom is -0.456 e. The van der Waals surface area contributed by atoms with Crippen LogP contribution in [0.3, 0.4) is 0 Å². The minimum absolute atomic E-state index is 0.0438. The molecule has 0 unspecified atom stereocenters. The molecule has 0 aliphatic rings. The largest absolute Gasteiger partial charge is 0.456 e. The van der Waals surface area contributed by atoms with E-state index < -0.39 is 84.1 Å². The summed E-state index contributed by atoms with van der Waals surface area (Å²) >= 11 is 0. The average molecular weight is 662 g/mol. The Balaban J connectivity index is 1.28. The van der Waals surface area contributed by atoms with Gasteiger partial charge >= 0.3 is 0 Å². The van der Waals surface area contributed by atoms with Gasteiger partial charge in [-0.2, -0.15) is 0 Å². The third-order valence-electron chi connectivity index (χ3n) is 9.41. The molecule has 0 aliphatic heterocycles. The van der Waals surface area contributed by atoms with Crippen molar-refractivity contribution in [3.05, 3.63) is 194 Å². The molecule has 0 saturated heterocycles. The zero-order chi connectivity index (χ0) is 45.0. The molecule has 0 amide bonds. The van der Waals surface area contributed by atoms with Crippen molar-refractivity contribution in [3.63, 3.8) is 0 Å². The first-order chi connectivity index (χ1) is 30.7. The van der Waals surface area contributed by atoms with E-state index >= 15 is 0 Å². The number of furan rings is 1. The van der Waals surface area contributed by atoms with Crippen molar-refractivity contribution < 1.29 is 22.2 Å². The SMILES string of the molecule is [2H]c1c([2H])c([2H])c(-c2c3c([2H])c([2H])c([2H])c([2H])c3c(-c3cccc4oc5cc(-c6cccc(-c7ccccc7-c7ccccc7)c6)ccc5c34)c3c([2H])c([2H])c([2H])c([2H])c23)c([2H])c1[2H]. The number of benzene rings is 9. The van der Waals surface area contributed by atoms with Crippen molar-refractivity contribution in [1.82, 2.24) is 0 Å². The molecule has 1 aromatic heterocycles. The van der Waals surface area contributed by atoms with Gasteiger partial charge in [0.1, 0.15) is 11.2 Å². The average Bonchev–Trinajstić information content (AvgIpc) is 3.70. The van der Waals surface area contributed by atoms with Gasteiger partial charge in [-0.1, -0.05) is 170 Å². The molecule has 0 bridgehead atoms. The van der Waals surface area contributed by atoms with Gasteiger partial charge in [0, 0.05) is 10.8 Å². The van der Waals surface area contributed by atoms with Crippen LogP contribution in [0.15, 0.2) is 198 Å². The summed E-state index contributed by atoms with van der Waals surface area (Å²) in [6.07, 6.45) is 0. The van der Waals surface area contributed by atoms with Gasteiger partial charge in [-0.3, -0.25) is 0 Å². The smallest absolute Gasteiger partial charge is 0.136 e. The van der Waals surface area contributed by atoms with Crippen molar-refractivity contribution in [1.29, 1.82) is 0 Å². The lowest BCUT2D eigenvalue weighted by Gasteiger charge is -2.18. The highest BCUT2D eigenvalue weighted by atomic mass is 16.3. The molecule has 51 heavy (non-hydrogen) atoms. The van der Waals surface area contributed by atoms with Gasteiger partial charge in [-0.05, 0) is 101 Å². The van der Waals surface area contributed by atoms with Gasteiger partial charge in [0.25, 0.3) is 0 Å². The summed E-state index contributed by atoms with van der Waals surface area (Å²) in [5.41, 5.74) is 6.53. The molecule has 0 N–H and O–H groups in total. The van der Waals surface area contributed by atoms with Crippen LogP contribution < -0.4 is 0 Å². The second-order valence-electron chi connectivity index (χ2n) is 12.2. The summed E-state index contributed by atoms with van der Waals surface area (Å²) in [7, 11) is 0.